The molecular weight excluding hydrogens is 226 g/mol. The standard InChI is InChI=1S/C14H11N3O/c1-9-4-5-10(11-3-2-8-15-14(9)11)12-6-7-13(18)17-16-12/h2-8H,1H3,(H,17,18). The SMILES string of the molecule is Cc1ccc(-c2ccc(=O)[nH]n2)c2cccnc12. The Hall–Kier alpha value is -2.49. The summed E-state index contributed by atoms with van der Waals surface area (Å²) < 4.78 is 0. The molecule has 18 heavy (non-hydrogen) atoms. The Morgan fingerprint density at radius 3 is 2.78 bits per heavy atom. The van der Waals surface area contributed by atoms with Crippen molar-refractivity contribution in [3.8, 4) is 11.3 Å². The Bertz CT molecular complexity index is 757. The van der Waals surface area contributed by atoms with E-state index in [-0.39, 0.29) is 5.56 Å². The number of H-pyrrole nitrogens is 1. The van der Waals surface area contributed by atoms with Gasteiger partial charge < -0.3 is 0 Å². The van der Waals surface area contributed by atoms with Crippen molar-refractivity contribution in [2.45, 2.75) is 6.92 Å². The number of hydrogen-bond donors (Lipinski definition) is 1. The summed E-state index contributed by atoms with van der Waals surface area (Å²) in [6.07, 6.45) is 1.78. The minimum atomic E-state index is -0.201. The highest BCUT2D eigenvalue weighted by atomic mass is 16.1. The van der Waals surface area contributed by atoms with Crippen LogP contribution in [0.1, 0.15) is 5.56 Å². The number of benzene rings is 1. The zero-order valence-corrected chi connectivity index (χ0v) is 9.84. The zero-order chi connectivity index (χ0) is 12.5. The van der Waals surface area contributed by atoms with E-state index in [2.05, 4.69) is 15.2 Å². The number of pyridine rings is 1. The number of nitrogens with zero attached hydrogens (tertiary/aromatic N) is 2. The van der Waals surface area contributed by atoms with Gasteiger partial charge in [0.25, 0.3) is 5.56 Å². The maximum atomic E-state index is 11.0. The monoisotopic (exact) mass is 237 g/mol. The molecule has 0 saturated carbocycles. The van der Waals surface area contributed by atoms with E-state index in [9.17, 15) is 4.79 Å². The van der Waals surface area contributed by atoms with Crippen LogP contribution in [-0.4, -0.2) is 15.2 Å². The summed E-state index contributed by atoms with van der Waals surface area (Å²) >= 11 is 0. The molecule has 3 aromatic rings. The van der Waals surface area contributed by atoms with Gasteiger partial charge in [0.15, 0.2) is 0 Å². The van der Waals surface area contributed by atoms with Gasteiger partial charge in [-0.2, -0.15) is 5.10 Å². The van der Waals surface area contributed by atoms with Crippen molar-refractivity contribution >= 4 is 10.9 Å². The van der Waals surface area contributed by atoms with Crippen LogP contribution in [-0.2, 0) is 0 Å². The normalized spacial score (nSPS) is 10.7. The summed E-state index contributed by atoms with van der Waals surface area (Å²) in [5, 5.41) is 7.55. The van der Waals surface area contributed by atoms with Crippen molar-refractivity contribution in [1.82, 2.24) is 15.2 Å². The van der Waals surface area contributed by atoms with Crippen LogP contribution in [0.3, 0.4) is 0 Å². The van der Waals surface area contributed by atoms with Gasteiger partial charge in [0.05, 0.1) is 11.2 Å². The van der Waals surface area contributed by atoms with Crippen molar-refractivity contribution in [1.29, 1.82) is 0 Å². The summed E-state index contributed by atoms with van der Waals surface area (Å²) in [5.74, 6) is 0. The fourth-order valence-electron chi connectivity index (χ4n) is 2.03. The fraction of sp³-hybridized carbons (Fsp3) is 0.0714. The first kappa shape index (κ1) is 10.7. The first-order chi connectivity index (χ1) is 8.75. The predicted octanol–water partition coefficient (Wildman–Crippen LogP) is 2.29. The molecule has 1 aromatic carbocycles. The average molecular weight is 237 g/mol. The number of aromatic amines is 1. The van der Waals surface area contributed by atoms with E-state index in [1.807, 2.05) is 31.2 Å². The Kier molecular flexibility index (Phi) is 2.41. The first-order valence-electron chi connectivity index (χ1n) is 5.66. The molecule has 4 heteroatoms. The molecule has 88 valence electrons. The van der Waals surface area contributed by atoms with E-state index in [1.54, 1.807) is 12.3 Å². The molecule has 4 nitrogen and oxygen atoms in total. The molecule has 0 atom stereocenters. The molecule has 2 aromatic heterocycles. The maximum absolute atomic E-state index is 11.0. The van der Waals surface area contributed by atoms with Gasteiger partial charge in [-0.1, -0.05) is 18.2 Å². The lowest BCUT2D eigenvalue weighted by atomic mass is 10.0. The molecule has 0 aliphatic rings. The van der Waals surface area contributed by atoms with Crippen LogP contribution in [0.4, 0.5) is 0 Å². The smallest absolute Gasteiger partial charge is 0.264 e. The van der Waals surface area contributed by atoms with E-state index in [0.29, 0.717) is 0 Å². The van der Waals surface area contributed by atoms with Crippen LogP contribution in [0.25, 0.3) is 22.2 Å². The Morgan fingerprint density at radius 2 is 2.00 bits per heavy atom. The Morgan fingerprint density at radius 1 is 1.11 bits per heavy atom. The molecule has 0 aliphatic carbocycles. The van der Waals surface area contributed by atoms with Crippen LogP contribution in [0.5, 0.6) is 0 Å². The summed E-state index contributed by atoms with van der Waals surface area (Å²) in [5.41, 5.74) is 3.60. The van der Waals surface area contributed by atoms with Gasteiger partial charge in [-0.15, -0.1) is 0 Å². The molecule has 0 bridgehead atoms. The van der Waals surface area contributed by atoms with Crippen LogP contribution >= 0.6 is 0 Å². The highest BCUT2D eigenvalue weighted by Gasteiger charge is 2.07. The van der Waals surface area contributed by atoms with Gasteiger partial charge in [-0.3, -0.25) is 9.78 Å². The molecule has 2 heterocycles. The van der Waals surface area contributed by atoms with Gasteiger partial charge in [-0.05, 0) is 24.6 Å². The average Bonchev–Trinajstić information content (AvgIpc) is 2.41. The number of aryl methyl sites for hydroxylation is 1. The molecule has 0 saturated heterocycles. The molecular formula is C14H11N3O. The zero-order valence-electron chi connectivity index (χ0n) is 9.84. The lowest BCUT2D eigenvalue weighted by Gasteiger charge is -2.06. The van der Waals surface area contributed by atoms with Crippen molar-refractivity contribution in [2.75, 3.05) is 0 Å². The molecule has 0 fully saturated rings. The summed E-state index contributed by atoms with van der Waals surface area (Å²) in [6, 6.07) is 11.1. The van der Waals surface area contributed by atoms with Crippen molar-refractivity contribution in [3.05, 3.63) is 58.5 Å². The summed E-state index contributed by atoms with van der Waals surface area (Å²) in [6.45, 7) is 2.03. The van der Waals surface area contributed by atoms with Gasteiger partial charge in [-0.25, -0.2) is 5.10 Å². The minimum Gasteiger partial charge on any atom is -0.268 e. The topological polar surface area (TPSA) is 58.6 Å². The van der Waals surface area contributed by atoms with E-state index in [1.165, 1.54) is 6.07 Å². The number of rotatable bonds is 1. The molecule has 0 radical (unpaired) electrons. The van der Waals surface area contributed by atoms with E-state index in [0.717, 1.165) is 27.7 Å². The van der Waals surface area contributed by atoms with Gasteiger partial charge in [0.1, 0.15) is 0 Å². The third kappa shape index (κ3) is 1.68. The lowest BCUT2D eigenvalue weighted by molar-refractivity contribution is 0.996. The first-order valence-corrected chi connectivity index (χ1v) is 5.66. The molecule has 0 unspecified atom stereocenters. The number of nitrogens with one attached hydrogen (secondary N) is 1. The fourth-order valence-corrected chi connectivity index (χ4v) is 2.03. The highest BCUT2D eigenvalue weighted by molar-refractivity contribution is 5.95. The highest BCUT2D eigenvalue weighted by Crippen LogP contribution is 2.27. The largest absolute Gasteiger partial charge is 0.268 e. The molecule has 0 spiro atoms. The second kappa shape index (κ2) is 4.07. The predicted molar refractivity (Wildman–Crippen MR) is 70.3 cm³/mol. The van der Waals surface area contributed by atoms with Crippen LogP contribution in [0.15, 0.2) is 47.4 Å². The van der Waals surface area contributed by atoms with Gasteiger partial charge in [0.2, 0.25) is 0 Å². The van der Waals surface area contributed by atoms with Crippen LogP contribution in [0, 0.1) is 6.92 Å². The molecule has 0 amide bonds. The second-order valence-electron chi connectivity index (χ2n) is 4.14. The van der Waals surface area contributed by atoms with Crippen molar-refractivity contribution in [3.63, 3.8) is 0 Å². The quantitative estimate of drug-likeness (QED) is 0.706. The molecule has 0 aliphatic heterocycles. The van der Waals surface area contributed by atoms with Crippen LogP contribution < -0.4 is 5.56 Å². The summed E-state index contributed by atoms with van der Waals surface area (Å²) in [7, 11) is 0. The third-order valence-electron chi connectivity index (χ3n) is 2.93. The maximum Gasteiger partial charge on any atom is 0.264 e. The summed E-state index contributed by atoms with van der Waals surface area (Å²) in [4.78, 5) is 15.4. The Labute approximate surface area is 103 Å². The second-order valence-corrected chi connectivity index (χ2v) is 4.14. The number of hydrogen-bond acceptors (Lipinski definition) is 3. The van der Waals surface area contributed by atoms with Crippen molar-refractivity contribution < 1.29 is 0 Å². The molecule has 1 N–H and O–H groups in total. The van der Waals surface area contributed by atoms with Crippen molar-refractivity contribution in [2.24, 2.45) is 0 Å². The van der Waals surface area contributed by atoms with Gasteiger partial charge in [0, 0.05) is 23.2 Å². The minimum absolute atomic E-state index is 0.201. The number of aromatic nitrogens is 3. The van der Waals surface area contributed by atoms with Crippen LogP contribution in [0.2, 0.25) is 0 Å². The molecule has 3 rings (SSSR count). The van der Waals surface area contributed by atoms with Gasteiger partial charge >= 0.3 is 0 Å². The number of fused-ring (bicyclic) bond motifs is 1. The lowest BCUT2D eigenvalue weighted by Crippen LogP contribution is -2.05. The Balaban J connectivity index is 2.33. The van der Waals surface area contributed by atoms with E-state index in [4.69, 9.17) is 0 Å². The third-order valence-corrected chi connectivity index (χ3v) is 2.93. The van der Waals surface area contributed by atoms with E-state index < -0.39 is 0 Å². The van der Waals surface area contributed by atoms with E-state index >= 15 is 0 Å².